The third-order valence-electron chi connectivity index (χ3n) is 7.71. The monoisotopic (exact) mass is 614 g/mol. The first-order valence-electron chi connectivity index (χ1n) is 12.7. The minimum atomic E-state index is -3.12. The number of thioether (sulfide) groups is 2. The summed E-state index contributed by atoms with van der Waals surface area (Å²) in [5, 5.41) is 10.3. The number of hydrogen-bond donors (Lipinski definition) is 0. The first-order chi connectivity index (χ1) is 18.0. The number of hydrogen-bond acceptors (Lipinski definition) is 10. The van der Waals surface area contributed by atoms with E-state index >= 15 is 0 Å². The summed E-state index contributed by atoms with van der Waals surface area (Å²) in [5.74, 6) is -1.20. The Bertz CT molecular complexity index is 1310. The van der Waals surface area contributed by atoms with Crippen LogP contribution in [0.4, 0.5) is 5.69 Å². The van der Waals surface area contributed by atoms with Crippen molar-refractivity contribution in [2.24, 2.45) is 5.92 Å². The molecule has 214 valence electrons. The summed E-state index contributed by atoms with van der Waals surface area (Å²) in [6.45, 7) is 12.5. The average molecular weight is 615 g/mol. The number of carbonyl (C=O) groups excluding carboxylic acids is 2. The number of sulfone groups is 1. The molecule has 2 saturated heterocycles. The molecule has 0 bridgehead atoms. The van der Waals surface area contributed by atoms with Gasteiger partial charge < -0.3 is 9.16 Å². The lowest BCUT2D eigenvalue weighted by Crippen LogP contribution is -2.62. The molecule has 4 atom stereocenters. The molecule has 1 unspecified atom stereocenters. The molecule has 0 aromatic heterocycles. The van der Waals surface area contributed by atoms with E-state index < -0.39 is 35.0 Å². The van der Waals surface area contributed by atoms with Crippen molar-refractivity contribution in [3.63, 3.8) is 0 Å². The van der Waals surface area contributed by atoms with Crippen LogP contribution in [0.1, 0.15) is 39.7 Å². The Labute approximate surface area is 238 Å². The van der Waals surface area contributed by atoms with E-state index in [1.165, 1.54) is 52.7 Å². The first kappa shape index (κ1) is 30.1. The minimum absolute atomic E-state index is 0.0276. The molecule has 2 fully saturated rings. The van der Waals surface area contributed by atoms with Crippen molar-refractivity contribution in [3.8, 4) is 0 Å². The van der Waals surface area contributed by atoms with Crippen LogP contribution < -0.4 is 0 Å². The minimum Gasteiger partial charge on any atom is -0.456 e. The lowest BCUT2D eigenvalue weighted by molar-refractivity contribution is -0.384. The van der Waals surface area contributed by atoms with Crippen molar-refractivity contribution >= 4 is 59.2 Å². The molecule has 10 nitrogen and oxygen atoms in total. The molecule has 0 spiro atoms. The first-order valence-corrected chi connectivity index (χ1v) is 19.2. The molecule has 0 N–H and O–H groups in total. The van der Waals surface area contributed by atoms with E-state index in [0.29, 0.717) is 16.2 Å². The molecule has 0 saturated carbocycles. The number of nitro benzene ring substituents is 1. The Morgan fingerprint density at radius 1 is 1.28 bits per heavy atom. The lowest BCUT2D eigenvalue weighted by atomic mass is 9.92. The molecule has 1 aromatic rings. The molecular formula is C25H34N2O8S3Si. The number of benzene rings is 1. The van der Waals surface area contributed by atoms with Crippen molar-refractivity contribution in [2.75, 3.05) is 11.5 Å². The van der Waals surface area contributed by atoms with Crippen molar-refractivity contribution in [2.45, 2.75) is 75.6 Å². The number of ether oxygens (including phenoxy) is 1. The maximum atomic E-state index is 13.4. The Morgan fingerprint density at radius 3 is 2.46 bits per heavy atom. The molecule has 1 amide bonds. The van der Waals surface area contributed by atoms with E-state index in [2.05, 4.69) is 33.9 Å². The standard InChI is InChI=1S/C25H34N2O8S3Si/c1-15(35-39(5,6)25(2,3)4)19-21(28)26-20(23(29)34-13-16-7-9-17(10-8-16)27(30)31)24(37-22(19)26)36-18-11-12-38(32,33)14-18/h7-10,15,18-19,22H,11-14H2,1-6H3/t15-,18?,19+,22-/m1/s1. The molecule has 0 radical (unpaired) electrons. The van der Waals surface area contributed by atoms with Crippen molar-refractivity contribution in [3.05, 3.63) is 49.9 Å². The van der Waals surface area contributed by atoms with Gasteiger partial charge in [-0.25, -0.2) is 13.2 Å². The predicted octanol–water partition coefficient (Wildman–Crippen LogP) is 4.67. The van der Waals surface area contributed by atoms with Gasteiger partial charge in [0.25, 0.3) is 5.69 Å². The summed E-state index contributed by atoms with van der Waals surface area (Å²) in [7, 11) is -5.27. The highest BCUT2D eigenvalue weighted by atomic mass is 32.2. The van der Waals surface area contributed by atoms with Gasteiger partial charge in [0.2, 0.25) is 5.91 Å². The van der Waals surface area contributed by atoms with Crippen LogP contribution in [0.25, 0.3) is 0 Å². The number of nitro groups is 1. The second kappa shape index (κ2) is 10.8. The van der Waals surface area contributed by atoms with Crippen molar-refractivity contribution in [1.82, 2.24) is 4.90 Å². The van der Waals surface area contributed by atoms with Crippen LogP contribution in [-0.4, -0.2) is 66.7 Å². The number of non-ortho nitro benzene ring substituents is 1. The summed E-state index contributed by atoms with van der Waals surface area (Å²) in [6.07, 6.45) is 0.135. The van der Waals surface area contributed by atoms with Gasteiger partial charge in [-0.1, -0.05) is 32.5 Å². The van der Waals surface area contributed by atoms with Crippen LogP contribution in [0.15, 0.2) is 34.2 Å². The number of β-lactam (4-membered cyclic amide) rings is 1. The van der Waals surface area contributed by atoms with E-state index in [1.807, 2.05) is 6.92 Å². The number of amides is 1. The number of nitrogens with zero attached hydrogens (tertiary/aromatic N) is 2. The molecule has 3 aliphatic rings. The highest BCUT2D eigenvalue weighted by Crippen LogP contribution is 2.56. The fraction of sp³-hybridized carbons (Fsp3) is 0.600. The summed E-state index contributed by atoms with van der Waals surface area (Å²) >= 11 is 2.72. The molecule has 39 heavy (non-hydrogen) atoms. The highest BCUT2D eigenvalue weighted by Gasteiger charge is 2.59. The van der Waals surface area contributed by atoms with Gasteiger partial charge in [0.05, 0.1) is 32.7 Å². The largest absolute Gasteiger partial charge is 0.456 e. The number of rotatable bonds is 9. The zero-order valence-electron chi connectivity index (χ0n) is 22.8. The van der Waals surface area contributed by atoms with Gasteiger partial charge >= 0.3 is 5.97 Å². The Hall–Kier alpha value is -1.87. The van der Waals surface area contributed by atoms with Crippen molar-refractivity contribution < 1.29 is 32.1 Å². The molecule has 0 aliphatic carbocycles. The molecule has 1 aromatic carbocycles. The Balaban J connectivity index is 1.52. The maximum Gasteiger partial charge on any atom is 0.357 e. The third kappa shape index (κ3) is 6.24. The van der Waals surface area contributed by atoms with Crippen LogP contribution in [-0.2, 0) is 35.2 Å². The van der Waals surface area contributed by atoms with Crippen molar-refractivity contribution in [1.29, 1.82) is 0 Å². The van der Waals surface area contributed by atoms with Gasteiger partial charge in [0.15, 0.2) is 23.9 Å². The van der Waals surface area contributed by atoms with Crippen LogP contribution in [0.2, 0.25) is 18.1 Å². The summed E-state index contributed by atoms with van der Waals surface area (Å²) < 4.78 is 36.8. The van der Waals surface area contributed by atoms with Gasteiger partial charge in [-0.05, 0) is 49.2 Å². The second-order valence-electron chi connectivity index (χ2n) is 11.6. The SMILES string of the molecule is C[C@@H](O[Si](C)(C)C(C)(C)C)[C@H]1C(=O)N2C(C(=O)OCc3ccc([N+](=O)[O-])cc3)=C(SC3CCS(=O)(=O)C3)S[C@H]12. The number of esters is 1. The summed E-state index contributed by atoms with van der Waals surface area (Å²) in [4.78, 5) is 38.6. The van der Waals surface area contributed by atoms with Crippen LogP contribution in [0.3, 0.4) is 0 Å². The van der Waals surface area contributed by atoms with Gasteiger partial charge in [0, 0.05) is 17.4 Å². The average Bonchev–Trinajstić information content (AvgIpc) is 3.33. The fourth-order valence-electron chi connectivity index (χ4n) is 4.46. The normalized spacial score (nSPS) is 25.3. The maximum absolute atomic E-state index is 13.4. The fourth-order valence-corrected chi connectivity index (χ4v) is 11.5. The summed E-state index contributed by atoms with van der Waals surface area (Å²) in [5.41, 5.74) is 0.637. The lowest BCUT2D eigenvalue weighted by Gasteiger charge is -2.48. The molecule has 14 heteroatoms. The molecule has 3 aliphatic heterocycles. The van der Waals surface area contributed by atoms with Gasteiger partial charge in [-0.3, -0.25) is 19.8 Å². The summed E-state index contributed by atoms with van der Waals surface area (Å²) in [6, 6.07) is 5.68. The Morgan fingerprint density at radius 2 is 1.92 bits per heavy atom. The second-order valence-corrected chi connectivity index (χ2v) is 21.3. The van der Waals surface area contributed by atoms with Crippen LogP contribution in [0, 0.1) is 16.0 Å². The van der Waals surface area contributed by atoms with E-state index in [4.69, 9.17) is 9.16 Å². The van der Waals surface area contributed by atoms with Gasteiger partial charge in [0.1, 0.15) is 12.0 Å². The molecular weight excluding hydrogens is 581 g/mol. The predicted molar refractivity (Wildman–Crippen MR) is 154 cm³/mol. The number of carbonyl (C=O) groups is 2. The zero-order chi connectivity index (χ0) is 28.9. The molecule has 3 heterocycles. The molecule has 4 rings (SSSR count). The quantitative estimate of drug-likeness (QED) is 0.127. The van der Waals surface area contributed by atoms with E-state index in [-0.39, 0.29) is 57.2 Å². The topological polar surface area (TPSA) is 133 Å². The smallest absolute Gasteiger partial charge is 0.357 e. The Kier molecular flexibility index (Phi) is 8.36. The van der Waals surface area contributed by atoms with Gasteiger partial charge in [-0.15, -0.1) is 11.8 Å². The van der Waals surface area contributed by atoms with E-state index in [9.17, 15) is 28.1 Å². The highest BCUT2D eigenvalue weighted by molar-refractivity contribution is 8.23. The third-order valence-corrected chi connectivity index (χ3v) is 17.1. The zero-order valence-corrected chi connectivity index (χ0v) is 26.3. The number of fused-ring (bicyclic) bond motifs is 1. The van der Waals surface area contributed by atoms with Gasteiger partial charge in [-0.2, -0.15) is 0 Å². The van der Waals surface area contributed by atoms with Crippen LogP contribution >= 0.6 is 23.5 Å². The van der Waals surface area contributed by atoms with Crippen LogP contribution in [0.5, 0.6) is 0 Å². The van der Waals surface area contributed by atoms with E-state index in [0.717, 1.165) is 0 Å². The van der Waals surface area contributed by atoms with E-state index in [1.54, 1.807) is 0 Å².